The zero-order valence-corrected chi connectivity index (χ0v) is 16.5. The number of nitrogens with two attached hydrogens (primary N) is 1. The van der Waals surface area contributed by atoms with Crippen molar-refractivity contribution in [3.8, 4) is 23.0 Å². The van der Waals surface area contributed by atoms with Crippen LogP contribution < -0.4 is 24.7 Å². The first kappa shape index (κ1) is 20.4. The van der Waals surface area contributed by atoms with Crippen LogP contribution in [-0.4, -0.2) is 36.9 Å². The van der Waals surface area contributed by atoms with Crippen molar-refractivity contribution in [3.05, 3.63) is 46.9 Å². The van der Waals surface area contributed by atoms with Crippen LogP contribution in [0.1, 0.15) is 11.1 Å². The van der Waals surface area contributed by atoms with Crippen molar-refractivity contribution >= 4 is 21.6 Å². The van der Waals surface area contributed by atoms with Gasteiger partial charge in [-0.05, 0) is 29.8 Å². The van der Waals surface area contributed by atoms with Crippen LogP contribution in [0, 0.1) is 0 Å². The molecule has 0 atom stereocenters. The monoisotopic (exact) mass is 393 g/mol. The Balaban J connectivity index is 2.29. The van der Waals surface area contributed by atoms with E-state index in [4.69, 9.17) is 24.7 Å². The summed E-state index contributed by atoms with van der Waals surface area (Å²) in [6.07, 6.45) is 1.46. The predicted molar refractivity (Wildman–Crippen MR) is 105 cm³/mol. The third-order valence-electron chi connectivity index (χ3n) is 3.85. The second kappa shape index (κ2) is 8.68. The van der Waals surface area contributed by atoms with Gasteiger partial charge in [0.05, 0.1) is 39.9 Å². The maximum atomic E-state index is 12.5. The maximum absolute atomic E-state index is 12.5. The van der Waals surface area contributed by atoms with Gasteiger partial charge in [0.15, 0.2) is 21.3 Å². The first-order valence-corrected chi connectivity index (χ1v) is 9.68. The van der Waals surface area contributed by atoms with Gasteiger partial charge in [-0.15, -0.1) is 0 Å². The molecule has 2 aromatic rings. The fourth-order valence-corrected chi connectivity index (χ4v) is 3.61. The predicted octanol–water partition coefficient (Wildman–Crippen LogP) is 2.89. The molecule has 146 valence electrons. The van der Waals surface area contributed by atoms with E-state index in [1.165, 1.54) is 34.5 Å². The van der Waals surface area contributed by atoms with Crippen LogP contribution in [0.5, 0.6) is 23.0 Å². The highest BCUT2D eigenvalue weighted by molar-refractivity contribution is 7.93. The summed E-state index contributed by atoms with van der Waals surface area (Å²) >= 11 is 0. The summed E-state index contributed by atoms with van der Waals surface area (Å²) in [6.45, 7) is 0. The van der Waals surface area contributed by atoms with Crippen molar-refractivity contribution in [1.29, 1.82) is 0 Å². The third kappa shape index (κ3) is 5.07. The lowest BCUT2D eigenvalue weighted by Crippen LogP contribution is -2.02. The Morgan fingerprint density at radius 2 is 1.44 bits per heavy atom. The summed E-state index contributed by atoms with van der Waals surface area (Å²) in [5.41, 5.74) is 7.33. The number of hydrogen-bond acceptors (Lipinski definition) is 7. The summed E-state index contributed by atoms with van der Waals surface area (Å²) in [7, 11) is 2.48. The van der Waals surface area contributed by atoms with Crippen molar-refractivity contribution in [2.45, 2.75) is 5.75 Å². The molecule has 0 spiro atoms. The molecule has 2 rings (SSSR count). The number of hydrogen-bond donors (Lipinski definition) is 1. The summed E-state index contributed by atoms with van der Waals surface area (Å²) in [5, 5.41) is 1.14. The van der Waals surface area contributed by atoms with Crippen LogP contribution in [0.15, 0.2) is 35.7 Å². The van der Waals surface area contributed by atoms with E-state index in [0.29, 0.717) is 39.8 Å². The Kier molecular flexibility index (Phi) is 6.57. The smallest absolute Gasteiger partial charge is 0.175 e. The summed E-state index contributed by atoms with van der Waals surface area (Å²) in [4.78, 5) is 0. The topological polar surface area (TPSA) is 97.1 Å². The van der Waals surface area contributed by atoms with E-state index in [0.717, 1.165) is 5.41 Å². The molecule has 0 aliphatic heterocycles. The van der Waals surface area contributed by atoms with E-state index < -0.39 is 9.84 Å². The molecule has 2 aromatic carbocycles. The molecule has 7 nitrogen and oxygen atoms in total. The van der Waals surface area contributed by atoms with Gasteiger partial charge in [0.25, 0.3) is 0 Å². The molecule has 0 radical (unpaired) electrons. The lowest BCUT2D eigenvalue weighted by atomic mass is 10.1. The van der Waals surface area contributed by atoms with Crippen molar-refractivity contribution in [2.75, 3.05) is 34.2 Å². The van der Waals surface area contributed by atoms with Crippen LogP contribution in [0.4, 0.5) is 5.69 Å². The average Bonchev–Trinajstić information content (AvgIpc) is 2.65. The number of nitrogen functional groups attached to an aromatic ring is 1. The minimum Gasteiger partial charge on any atom is -0.496 e. The molecule has 0 aliphatic carbocycles. The Hall–Kier alpha value is -2.87. The Labute approximate surface area is 159 Å². The molecule has 0 heterocycles. The normalized spacial score (nSPS) is 11.4. The molecule has 0 saturated heterocycles. The lowest BCUT2D eigenvalue weighted by molar-refractivity contribution is 0.348. The molecule has 8 heteroatoms. The Morgan fingerprint density at radius 1 is 0.852 bits per heavy atom. The fraction of sp³-hybridized carbons (Fsp3) is 0.263. The number of sulfone groups is 1. The highest BCUT2D eigenvalue weighted by Gasteiger charge is 2.13. The number of rotatable bonds is 8. The van der Waals surface area contributed by atoms with Gasteiger partial charge in [-0.2, -0.15) is 0 Å². The van der Waals surface area contributed by atoms with Crippen LogP contribution in [0.2, 0.25) is 0 Å². The summed E-state index contributed by atoms with van der Waals surface area (Å²) in [5.74, 6) is 1.74. The minimum absolute atomic E-state index is 0.187. The third-order valence-corrected chi connectivity index (χ3v) is 5.14. The number of ether oxygens (including phenoxy) is 4. The van der Waals surface area contributed by atoms with Gasteiger partial charge in [0.1, 0.15) is 11.5 Å². The molecule has 0 aromatic heterocycles. The van der Waals surface area contributed by atoms with Crippen molar-refractivity contribution in [2.24, 2.45) is 0 Å². The van der Waals surface area contributed by atoms with E-state index >= 15 is 0 Å². The number of anilines is 1. The van der Waals surface area contributed by atoms with E-state index in [1.54, 1.807) is 30.3 Å². The van der Waals surface area contributed by atoms with Crippen LogP contribution >= 0.6 is 0 Å². The van der Waals surface area contributed by atoms with Gasteiger partial charge in [0.2, 0.25) is 0 Å². The zero-order chi connectivity index (χ0) is 20.0. The van der Waals surface area contributed by atoms with Crippen LogP contribution in [-0.2, 0) is 15.6 Å². The first-order valence-electron chi connectivity index (χ1n) is 7.96. The molecule has 2 N–H and O–H groups in total. The minimum atomic E-state index is -3.53. The molecule has 0 bridgehead atoms. The van der Waals surface area contributed by atoms with Gasteiger partial charge in [0, 0.05) is 17.0 Å². The summed E-state index contributed by atoms with van der Waals surface area (Å²) < 4.78 is 45.8. The van der Waals surface area contributed by atoms with Gasteiger partial charge < -0.3 is 24.7 Å². The van der Waals surface area contributed by atoms with Crippen molar-refractivity contribution < 1.29 is 27.4 Å². The van der Waals surface area contributed by atoms with Crippen molar-refractivity contribution in [3.63, 3.8) is 0 Å². The van der Waals surface area contributed by atoms with Crippen LogP contribution in [0.25, 0.3) is 6.08 Å². The highest BCUT2D eigenvalue weighted by Crippen LogP contribution is 2.35. The van der Waals surface area contributed by atoms with E-state index in [1.807, 2.05) is 0 Å². The maximum Gasteiger partial charge on any atom is 0.175 e. The van der Waals surface area contributed by atoms with E-state index in [-0.39, 0.29) is 5.75 Å². The molecule has 0 fully saturated rings. The molecule has 27 heavy (non-hydrogen) atoms. The highest BCUT2D eigenvalue weighted by atomic mass is 32.2. The standard InChI is InChI=1S/C19H23NO6S/c1-23-16-6-5-13(9-15(16)20)12-27(21,22)8-7-14-10-18(25-3)19(26-4)11-17(14)24-2/h5-11H,12,20H2,1-4H3/b8-7+. The second-order valence-electron chi connectivity index (χ2n) is 5.64. The van der Waals surface area contributed by atoms with Gasteiger partial charge in [-0.3, -0.25) is 0 Å². The lowest BCUT2D eigenvalue weighted by Gasteiger charge is -2.12. The van der Waals surface area contributed by atoms with Gasteiger partial charge in [-0.1, -0.05) is 6.07 Å². The largest absolute Gasteiger partial charge is 0.496 e. The zero-order valence-electron chi connectivity index (χ0n) is 15.7. The number of methoxy groups -OCH3 is 4. The number of benzene rings is 2. The fourth-order valence-electron chi connectivity index (χ4n) is 2.51. The summed E-state index contributed by atoms with van der Waals surface area (Å²) in [6, 6.07) is 8.17. The molecular weight excluding hydrogens is 370 g/mol. The Morgan fingerprint density at radius 3 is 2.00 bits per heavy atom. The van der Waals surface area contributed by atoms with Gasteiger partial charge in [-0.25, -0.2) is 8.42 Å². The van der Waals surface area contributed by atoms with Crippen LogP contribution in [0.3, 0.4) is 0 Å². The molecule has 0 amide bonds. The average molecular weight is 393 g/mol. The van der Waals surface area contributed by atoms with Crippen molar-refractivity contribution in [1.82, 2.24) is 0 Å². The Bertz CT molecular complexity index is 937. The van der Waals surface area contributed by atoms with E-state index in [2.05, 4.69) is 0 Å². The molecule has 0 saturated carbocycles. The van der Waals surface area contributed by atoms with E-state index in [9.17, 15) is 8.42 Å². The quantitative estimate of drug-likeness (QED) is 0.689. The van der Waals surface area contributed by atoms with Gasteiger partial charge >= 0.3 is 0 Å². The molecule has 0 aliphatic rings. The molecular formula is C19H23NO6S. The second-order valence-corrected chi connectivity index (χ2v) is 7.52. The first-order chi connectivity index (χ1) is 12.8. The SMILES string of the molecule is COc1ccc(CS(=O)(=O)/C=C/c2cc(OC)c(OC)cc2OC)cc1N. The molecule has 0 unspecified atom stereocenters.